The number of carboxylic acids is 1. The number of hydrogen-bond donors (Lipinski definition) is 1. The Morgan fingerprint density at radius 1 is 0.957 bits per heavy atom. The van der Waals surface area contributed by atoms with Gasteiger partial charge in [-0.3, -0.25) is 0 Å². The van der Waals surface area contributed by atoms with Crippen LogP contribution in [0.4, 0.5) is 0 Å². The maximum atomic E-state index is 11.6. The van der Waals surface area contributed by atoms with Crippen molar-refractivity contribution in [2.75, 3.05) is 0 Å². The first-order chi connectivity index (χ1) is 10.6. The van der Waals surface area contributed by atoms with Crippen molar-refractivity contribution in [2.45, 2.75) is 77.6 Å². The van der Waals surface area contributed by atoms with Gasteiger partial charge in [0.25, 0.3) is 0 Å². The van der Waals surface area contributed by atoms with Gasteiger partial charge in [0, 0.05) is 0 Å². The minimum atomic E-state index is -1.14. The van der Waals surface area contributed by atoms with Crippen LogP contribution in [0.5, 0.6) is 5.75 Å². The summed E-state index contributed by atoms with van der Waals surface area (Å²) in [5, 5.41) is 20.4. The Hall–Kier alpha value is -0.510. The molecule has 3 nitrogen and oxygen atoms in total. The van der Waals surface area contributed by atoms with Gasteiger partial charge in [0.1, 0.15) is 0 Å². The number of unbranched alkanes of at least 4 members (excludes halogenated alkanes) is 9. The number of aryl methyl sites for hydroxylation is 1. The number of carbonyl (C=O) groups is 1. The van der Waals surface area contributed by atoms with Crippen LogP contribution in [0.3, 0.4) is 0 Å². The van der Waals surface area contributed by atoms with Gasteiger partial charge in [-0.2, -0.15) is 0 Å². The average molecular weight is 328 g/mol. The molecule has 0 bridgehead atoms. The van der Waals surface area contributed by atoms with Gasteiger partial charge in [0.15, 0.2) is 0 Å². The number of rotatable bonds is 12. The molecule has 124 valence electrons. The van der Waals surface area contributed by atoms with E-state index < -0.39 is 5.97 Å². The molecule has 1 aromatic rings. The van der Waals surface area contributed by atoms with Crippen LogP contribution in [0.1, 0.15) is 87.1 Å². The molecular weight excluding hydrogens is 299 g/mol. The molecule has 0 saturated carbocycles. The maximum Gasteiger partial charge on any atom is 1.00 e. The minimum absolute atomic E-state index is 0. The molecule has 1 rings (SSSR count). The maximum absolute atomic E-state index is 11.6. The number of aromatic carboxylic acids is 1. The van der Waals surface area contributed by atoms with Crippen molar-refractivity contribution in [1.82, 2.24) is 0 Å². The van der Waals surface area contributed by atoms with Crippen LogP contribution >= 0.6 is 0 Å². The first-order valence-corrected chi connectivity index (χ1v) is 8.68. The Morgan fingerprint density at radius 2 is 1.48 bits per heavy atom. The van der Waals surface area contributed by atoms with Crippen LogP contribution < -0.4 is 34.7 Å². The molecule has 0 aromatic heterocycles. The van der Waals surface area contributed by atoms with E-state index in [1.165, 1.54) is 69.9 Å². The molecule has 0 aliphatic rings. The molecule has 0 spiro atoms. The Kier molecular flexibility index (Phi) is 13.6. The molecule has 23 heavy (non-hydrogen) atoms. The van der Waals surface area contributed by atoms with Gasteiger partial charge in [-0.25, -0.2) is 4.79 Å². The summed E-state index contributed by atoms with van der Waals surface area (Å²) in [6, 6.07) is 4.66. The third kappa shape index (κ3) is 10.1. The Bertz CT molecular complexity index is 446. The average Bonchev–Trinajstić information content (AvgIpc) is 2.49. The topological polar surface area (TPSA) is 60.4 Å². The number of benzene rings is 1. The fourth-order valence-electron chi connectivity index (χ4n) is 2.72. The summed E-state index contributed by atoms with van der Waals surface area (Å²) in [6.45, 7) is 2.24. The van der Waals surface area contributed by atoms with E-state index in [9.17, 15) is 9.90 Å². The molecular formula is C19H29NaO3. The van der Waals surface area contributed by atoms with Crippen LogP contribution in [0.15, 0.2) is 18.2 Å². The second-order valence-electron chi connectivity index (χ2n) is 6.07. The van der Waals surface area contributed by atoms with Crippen LogP contribution in [0.25, 0.3) is 0 Å². The van der Waals surface area contributed by atoms with E-state index in [0.717, 1.165) is 18.4 Å². The molecule has 4 heteroatoms. The van der Waals surface area contributed by atoms with Crippen LogP contribution in [0, 0.1) is 0 Å². The second-order valence-corrected chi connectivity index (χ2v) is 6.07. The summed E-state index contributed by atoms with van der Waals surface area (Å²) in [6.07, 6.45) is 13.8. The molecule has 1 N–H and O–H groups in total. The van der Waals surface area contributed by atoms with E-state index >= 15 is 0 Å². The zero-order valence-corrected chi connectivity index (χ0v) is 16.8. The van der Waals surface area contributed by atoms with Gasteiger partial charge >= 0.3 is 35.5 Å². The smallest absolute Gasteiger partial charge is 0.872 e. The van der Waals surface area contributed by atoms with Crippen LogP contribution in [0.2, 0.25) is 0 Å². The normalized spacial score (nSPS) is 10.3. The van der Waals surface area contributed by atoms with E-state index in [1.807, 2.05) is 0 Å². The standard InChI is InChI=1S/C19H30O3.Na/c1-2-3-4-5-6-7-8-9-10-11-12-16-13-14-17(19(21)22)18(20)15-16;/h13-15,20H,2-12H2,1H3,(H,21,22);/q;+1/p-1. The Morgan fingerprint density at radius 3 is 1.96 bits per heavy atom. The van der Waals surface area contributed by atoms with Crippen molar-refractivity contribution in [3.63, 3.8) is 0 Å². The molecule has 0 atom stereocenters. The van der Waals surface area contributed by atoms with Crippen molar-refractivity contribution in [3.8, 4) is 5.75 Å². The van der Waals surface area contributed by atoms with Crippen LogP contribution in [-0.4, -0.2) is 11.1 Å². The first-order valence-electron chi connectivity index (χ1n) is 8.68. The van der Waals surface area contributed by atoms with Crippen molar-refractivity contribution >= 4 is 5.97 Å². The molecule has 0 unspecified atom stereocenters. The SMILES string of the molecule is CCCCCCCCCCCCc1ccc(C(=O)O)c([O-])c1.[Na+]. The Balaban J connectivity index is 0.00000484. The van der Waals surface area contributed by atoms with Crippen molar-refractivity contribution in [3.05, 3.63) is 29.3 Å². The van der Waals surface area contributed by atoms with Crippen molar-refractivity contribution < 1.29 is 44.6 Å². The predicted octanol–water partition coefficient (Wildman–Crippen LogP) is 1.93. The molecule has 0 fully saturated rings. The summed E-state index contributed by atoms with van der Waals surface area (Å²) in [5.41, 5.74) is 0.821. The van der Waals surface area contributed by atoms with Gasteiger partial charge in [0.05, 0.1) is 5.56 Å². The van der Waals surface area contributed by atoms with Crippen molar-refractivity contribution in [1.29, 1.82) is 0 Å². The largest absolute Gasteiger partial charge is 1.00 e. The zero-order chi connectivity index (χ0) is 16.2. The summed E-state index contributed by atoms with van der Waals surface area (Å²) in [5.74, 6) is -1.52. The fraction of sp³-hybridized carbons (Fsp3) is 0.632. The van der Waals surface area contributed by atoms with E-state index in [-0.39, 0.29) is 40.9 Å². The predicted molar refractivity (Wildman–Crippen MR) is 88.4 cm³/mol. The third-order valence-corrected chi connectivity index (χ3v) is 4.10. The van der Waals surface area contributed by atoms with Gasteiger partial charge in [-0.1, -0.05) is 82.6 Å². The second kappa shape index (κ2) is 13.9. The molecule has 1 aromatic carbocycles. The first kappa shape index (κ1) is 22.5. The van der Waals surface area contributed by atoms with E-state index in [0.29, 0.717) is 0 Å². The zero-order valence-electron chi connectivity index (χ0n) is 14.8. The Labute approximate surface area is 162 Å². The monoisotopic (exact) mass is 328 g/mol. The van der Waals surface area contributed by atoms with E-state index in [1.54, 1.807) is 6.07 Å². The van der Waals surface area contributed by atoms with Gasteiger partial charge < -0.3 is 10.2 Å². The fourth-order valence-corrected chi connectivity index (χ4v) is 2.72. The molecule has 0 heterocycles. The number of carboxylic acid groups (broad SMARTS) is 1. The molecule has 0 aliphatic heterocycles. The van der Waals surface area contributed by atoms with Gasteiger partial charge in [0.2, 0.25) is 0 Å². The molecule has 0 saturated heterocycles. The quantitative estimate of drug-likeness (QED) is 0.471. The van der Waals surface area contributed by atoms with Crippen molar-refractivity contribution in [2.24, 2.45) is 0 Å². The third-order valence-electron chi connectivity index (χ3n) is 4.10. The number of hydrogen-bond acceptors (Lipinski definition) is 2. The van der Waals surface area contributed by atoms with Gasteiger partial charge in [-0.05, 0) is 24.5 Å². The molecule has 0 aliphatic carbocycles. The summed E-state index contributed by atoms with van der Waals surface area (Å²) >= 11 is 0. The molecule has 0 amide bonds. The van der Waals surface area contributed by atoms with E-state index in [2.05, 4.69) is 6.92 Å². The minimum Gasteiger partial charge on any atom is -0.872 e. The summed E-state index contributed by atoms with van der Waals surface area (Å²) in [4.78, 5) is 10.8. The molecule has 0 radical (unpaired) electrons. The summed E-state index contributed by atoms with van der Waals surface area (Å²) < 4.78 is 0. The summed E-state index contributed by atoms with van der Waals surface area (Å²) in [7, 11) is 0. The van der Waals surface area contributed by atoms with Gasteiger partial charge in [-0.15, -0.1) is 0 Å². The van der Waals surface area contributed by atoms with Crippen LogP contribution in [-0.2, 0) is 6.42 Å². The van der Waals surface area contributed by atoms with E-state index in [4.69, 9.17) is 5.11 Å².